The van der Waals surface area contributed by atoms with Gasteiger partial charge in [-0.1, -0.05) is 18.2 Å². The second kappa shape index (κ2) is 5.21. The number of Topliss-reactive ketones (excluding diaryl/α,β-unsaturated/α-hetero) is 1. The number of hydrogen-bond acceptors (Lipinski definition) is 2. The number of halogens is 1. The van der Waals surface area contributed by atoms with Crippen LogP contribution in [0.4, 0.5) is 4.39 Å². The van der Waals surface area contributed by atoms with Crippen molar-refractivity contribution in [3.05, 3.63) is 41.2 Å². The minimum absolute atomic E-state index is 0.0920. The van der Waals surface area contributed by atoms with Crippen LogP contribution in [0.2, 0.25) is 0 Å². The summed E-state index contributed by atoms with van der Waals surface area (Å²) in [6.45, 7) is 1.36. The van der Waals surface area contributed by atoms with Crippen molar-refractivity contribution in [1.82, 2.24) is 0 Å². The first-order valence-electron chi connectivity index (χ1n) is 4.76. The number of primary amides is 1. The molecule has 0 saturated carbocycles. The van der Waals surface area contributed by atoms with Crippen LogP contribution in [-0.2, 0) is 4.79 Å². The molecule has 3 nitrogen and oxygen atoms in total. The van der Waals surface area contributed by atoms with Crippen molar-refractivity contribution >= 4 is 17.8 Å². The first-order chi connectivity index (χ1) is 7.50. The molecule has 84 valence electrons. The van der Waals surface area contributed by atoms with Crippen LogP contribution in [0.1, 0.15) is 29.3 Å². The minimum atomic E-state index is -0.461. The predicted molar refractivity (Wildman–Crippen MR) is 59.2 cm³/mol. The highest BCUT2D eigenvalue weighted by atomic mass is 19.1. The molecule has 0 bridgehead atoms. The van der Waals surface area contributed by atoms with E-state index >= 15 is 0 Å². The van der Waals surface area contributed by atoms with Crippen LogP contribution in [0.25, 0.3) is 6.08 Å². The number of ketones is 1. The van der Waals surface area contributed by atoms with Crippen molar-refractivity contribution in [1.29, 1.82) is 0 Å². The van der Waals surface area contributed by atoms with E-state index in [9.17, 15) is 14.0 Å². The van der Waals surface area contributed by atoms with Crippen LogP contribution in [0, 0.1) is 5.82 Å². The van der Waals surface area contributed by atoms with Crippen molar-refractivity contribution in [2.75, 3.05) is 0 Å². The fourth-order valence-corrected chi connectivity index (χ4v) is 1.28. The molecule has 0 unspecified atom stereocenters. The van der Waals surface area contributed by atoms with Gasteiger partial charge in [-0.3, -0.25) is 9.59 Å². The first-order valence-corrected chi connectivity index (χ1v) is 4.76. The Morgan fingerprint density at radius 3 is 2.69 bits per heavy atom. The number of nitrogens with two attached hydrogens (primary N) is 1. The smallest absolute Gasteiger partial charge is 0.221 e. The lowest BCUT2D eigenvalue weighted by molar-refractivity contribution is -0.117. The molecule has 2 N–H and O–H groups in total. The van der Waals surface area contributed by atoms with Crippen LogP contribution < -0.4 is 5.73 Å². The lowest BCUT2D eigenvalue weighted by atomic mass is 10.0. The summed E-state index contributed by atoms with van der Waals surface area (Å²) in [5, 5.41) is 0. The molecule has 0 saturated heterocycles. The van der Waals surface area contributed by atoms with E-state index in [1.54, 1.807) is 12.2 Å². The summed E-state index contributed by atoms with van der Waals surface area (Å²) < 4.78 is 12.9. The Bertz CT molecular complexity index is 452. The number of carbonyl (C=O) groups is 2. The highest BCUT2D eigenvalue weighted by molar-refractivity contribution is 5.97. The average molecular weight is 221 g/mol. The predicted octanol–water partition coefficient (Wildman–Crippen LogP) is 1.92. The number of rotatable bonds is 4. The normalized spacial score (nSPS) is 10.6. The maximum atomic E-state index is 12.9. The molecule has 4 heteroatoms. The lowest BCUT2D eigenvalue weighted by Gasteiger charge is -2.01. The maximum Gasteiger partial charge on any atom is 0.221 e. The second-order valence-electron chi connectivity index (χ2n) is 3.36. The number of hydrogen-bond donors (Lipinski definition) is 1. The zero-order chi connectivity index (χ0) is 12.1. The molecule has 1 aromatic carbocycles. The molecule has 0 heterocycles. The summed E-state index contributed by atoms with van der Waals surface area (Å²) in [5.74, 6) is -1.14. The molecule has 0 radical (unpaired) electrons. The van der Waals surface area contributed by atoms with Gasteiger partial charge in [0.2, 0.25) is 5.91 Å². The highest BCUT2D eigenvalue weighted by Gasteiger charge is 2.06. The monoisotopic (exact) mass is 221 g/mol. The molecule has 1 amide bonds. The zero-order valence-corrected chi connectivity index (χ0v) is 8.87. The average Bonchev–Trinajstić information content (AvgIpc) is 2.19. The van der Waals surface area contributed by atoms with E-state index in [0.29, 0.717) is 11.1 Å². The molecule has 0 aliphatic rings. The van der Waals surface area contributed by atoms with Crippen LogP contribution in [0.15, 0.2) is 24.3 Å². The number of carbonyl (C=O) groups excluding carboxylic acids is 2. The summed E-state index contributed by atoms with van der Waals surface area (Å²) in [6.07, 6.45) is 3.22. The molecule has 16 heavy (non-hydrogen) atoms. The Hall–Kier alpha value is -1.97. The molecular weight excluding hydrogens is 209 g/mol. The van der Waals surface area contributed by atoms with Gasteiger partial charge < -0.3 is 5.73 Å². The molecule has 0 fully saturated rings. The van der Waals surface area contributed by atoms with E-state index in [2.05, 4.69) is 0 Å². The van der Waals surface area contributed by atoms with Crippen molar-refractivity contribution in [2.24, 2.45) is 5.73 Å². The van der Waals surface area contributed by atoms with Crippen LogP contribution in [0.3, 0.4) is 0 Å². The zero-order valence-electron chi connectivity index (χ0n) is 8.87. The van der Waals surface area contributed by atoms with Crippen molar-refractivity contribution in [3.63, 3.8) is 0 Å². The quantitative estimate of drug-likeness (QED) is 0.789. The van der Waals surface area contributed by atoms with Crippen LogP contribution in [-0.4, -0.2) is 11.7 Å². The summed E-state index contributed by atoms with van der Waals surface area (Å²) in [7, 11) is 0. The van der Waals surface area contributed by atoms with E-state index in [-0.39, 0.29) is 12.2 Å². The number of amides is 1. The van der Waals surface area contributed by atoms with Gasteiger partial charge in [0.05, 0.1) is 0 Å². The third-order valence-electron chi connectivity index (χ3n) is 2.01. The number of benzene rings is 1. The Morgan fingerprint density at radius 1 is 1.44 bits per heavy atom. The van der Waals surface area contributed by atoms with Gasteiger partial charge in [-0.05, 0) is 24.6 Å². The molecule has 1 aromatic rings. The highest BCUT2D eigenvalue weighted by Crippen LogP contribution is 2.14. The Balaban J connectivity index is 2.99. The standard InChI is InChI=1S/C12H12FNO2/c1-8(15)11-7-10(13)6-5-9(11)3-2-4-12(14)16/h2-3,5-7H,4H2,1H3,(H2,14,16). The van der Waals surface area contributed by atoms with E-state index in [1.807, 2.05) is 0 Å². The minimum Gasteiger partial charge on any atom is -0.369 e. The maximum absolute atomic E-state index is 12.9. The van der Waals surface area contributed by atoms with Crippen molar-refractivity contribution in [3.8, 4) is 0 Å². The molecule has 1 rings (SSSR count). The van der Waals surface area contributed by atoms with E-state index in [1.165, 1.54) is 25.1 Å². The second-order valence-corrected chi connectivity index (χ2v) is 3.36. The van der Waals surface area contributed by atoms with Crippen LogP contribution >= 0.6 is 0 Å². The third-order valence-corrected chi connectivity index (χ3v) is 2.01. The fourth-order valence-electron chi connectivity index (χ4n) is 1.28. The van der Waals surface area contributed by atoms with E-state index < -0.39 is 11.7 Å². The Labute approximate surface area is 92.8 Å². The molecule has 0 spiro atoms. The van der Waals surface area contributed by atoms with Gasteiger partial charge in [-0.25, -0.2) is 4.39 Å². The van der Waals surface area contributed by atoms with Crippen molar-refractivity contribution in [2.45, 2.75) is 13.3 Å². The Kier molecular flexibility index (Phi) is 3.94. The lowest BCUT2D eigenvalue weighted by Crippen LogP contribution is -2.08. The SMILES string of the molecule is CC(=O)c1cc(F)ccc1C=CCC(N)=O. The molecule has 0 aromatic heterocycles. The van der Waals surface area contributed by atoms with Gasteiger partial charge in [-0.15, -0.1) is 0 Å². The van der Waals surface area contributed by atoms with E-state index in [0.717, 1.165) is 0 Å². The largest absolute Gasteiger partial charge is 0.369 e. The summed E-state index contributed by atoms with van der Waals surface area (Å²) >= 11 is 0. The van der Waals surface area contributed by atoms with Gasteiger partial charge in [0.25, 0.3) is 0 Å². The van der Waals surface area contributed by atoms with Crippen LogP contribution in [0.5, 0.6) is 0 Å². The van der Waals surface area contributed by atoms with Gasteiger partial charge in [0.1, 0.15) is 5.82 Å². The third kappa shape index (κ3) is 3.31. The van der Waals surface area contributed by atoms with Gasteiger partial charge in [-0.2, -0.15) is 0 Å². The molecular formula is C12H12FNO2. The molecule has 0 aliphatic carbocycles. The van der Waals surface area contributed by atoms with Gasteiger partial charge in [0, 0.05) is 12.0 Å². The molecule has 0 aliphatic heterocycles. The molecule has 0 atom stereocenters. The summed E-state index contributed by atoms with van der Waals surface area (Å²) in [6, 6.07) is 3.92. The van der Waals surface area contributed by atoms with Gasteiger partial charge >= 0.3 is 0 Å². The van der Waals surface area contributed by atoms with Crippen molar-refractivity contribution < 1.29 is 14.0 Å². The fraction of sp³-hybridized carbons (Fsp3) is 0.167. The van der Waals surface area contributed by atoms with E-state index in [4.69, 9.17) is 5.73 Å². The Morgan fingerprint density at radius 2 is 2.12 bits per heavy atom. The summed E-state index contributed by atoms with van der Waals surface area (Å²) in [4.78, 5) is 21.7. The summed E-state index contributed by atoms with van der Waals surface area (Å²) in [5.41, 5.74) is 5.83. The first kappa shape index (κ1) is 12.1. The topological polar surface area (TPSA) is 60.2 Å². The van der Waals surface area contributed by atoms with Gasteiger partial charge in [0.15, 0.2) is 5.78 Å².